The van der Waals surface area contributed by atoms with Crippen LogP contribution in [0.25, 0.3) is 0 Å². The van der Waals surface area contributed by atoms with E-state index < -0.39 is 0 Å². The van der Waals surface area contributed by atoms with Crippen molar-refractivity contribution < 1.29 is 4.79 Å². The van der Waals surface area contributed by atoms with Crippen LogP contribution in [0.15, 0.2) is 47.2 Å². The molecule has 0 bridgehead atoms. The number of hydrogen-bond donors (Lipinski definition) is 1. The molecule has 4 heteroatoms. The summed E-state index contributed by atoms with van der Waals surface area (Å²) in [4.78, 5) is 14.1. The molecule has 2 N–H and O–H groups in total. The molecule has 1 heterocycles. The molecule has 0 saturated heterocycles. The second kappa shape index (κ2) is 6.33. The maximum Gasteiger partial charge on any atom is 0.255 e. The first-order chi connectivity index (χ1) is 8.81. The molecule has 0 aliphatic carbocycles. The Balaban J connectivity index is 2.11. The fourth-order valence-corrected chi connectivity index (χ4v) is 2.41. The van der Waals surface area contributed by atoms with Gasteiger partial charge >= 0.3 is 0 Å². The molecule has 94 valence electrons. The van der Waals surface area contributed by atoms with Gasteiger partial charge in [-0.15, -0.1) is 0 Å². The first-order valence-corrected chi connectivity index (χ1v) is 6.81. The molecule has 0 saturated carbocycles. The van der Waals surface area contributed by atoms with Gasteiger partial charge in [-0.05, 0) is 17.0 Å². The van der Waals surface area contributed by atoms with Crippen molar-refractivity contribution in [1.29, 1.82) is 0 Å². The first kappa shape index (κ1) is 12.8. The topological polar surface area (TPSA) is 46.3 Å². The van der Waals surface area contributed by atoms with Crippen molar-refractivity contribution in [3.63, 3.8) is 0 Å². The van der Waals surface area contributed by atoms with Crippen LogP contribution in [0.3, 0.4) is 0 Å². The van der Waals surface area contributed by atoms with E-state index in [1.807, 2.05) is 47.2 Å². The summed E-state index contributed by atoms with van der Waals surface area (Å²) in [6.07, 6.45) is 0. The predicted molar refractivity (Wildman–Crippen MR) is 74.6 cm³/mol. The van der Waals surface area contributed by atoms with Crippen molar-refractivity contribution in [2.24, 2.45) is 5.73 Å². The number of nitrogens with two attached hydrogens (primary N) is 1. The molecule has 0 radical (unpaired) electrons. The Morgan fingerprint density at radius 1 is 1.22 bits per heavy atom. The Morgan fingerprint density at radius 2 is 2.00 bits per heavy atom. The zero-order valence-electron chi connectivity index (χ0n) is 10.1. The zero-order chi connectivity index (χ0) is 12.8. The summed E-state index contributed by atoms with van der Waals surface area (Å²) in [5.41, 5.74) is 7.44. The Labute approximate surface area is 111 Å². The van der Waals surface area contributed by atoms with Gasteiger partial charge in [0, 0.05) is 25.0 Å². The van der Waals surface area contributed by atoms with Gasteiger partial charge in [-0.25, -0.2) is 0 Å². The molecule has 0 spiro atoms. The number of benzene rings is 1. The normalized spacial score (nSPS) is 10.3. The highest BCUT2D eigenvalue weighted by molar-refractivity contribution is 7.08. The molecule has 1 aromatic heterocycles. The molecule has 0 atom stereocenters. The van der Waals surface area contributed by atoms with Gasteiger partial charge in [-0.3, -0.25) is 4.79 Å². The molecule has 0 aliphatic heterocycles. The van der Waals surface area contributed by atoms with Crippen LogP contribution in [-0.4, -0.2) is 23.9 Å². The number of carbonyl (C=O) groups is 1. The minimum Gasteiger partial charge on any atom is -0.333 e. The van der Waals surface area contributed by atoms with E-state index in [-0.39, 0.29) is 5.91 Å². The standard InChI is InChI=1S/C14H16N2OS/c15-7-8-16(10-12-4-2-1-3-5-12)14(17)13-6-9-18-11-13/h1-6,9,11H,7-8,10,15H2. The fourth-order valence-electron chi connectivity index (χ4n) is 1.78. The van der Waals surface area contributed by atoms with Crippen LogP contribution >= 0.6 is 11.3 Å². The number of nitrogens with zero attached hydrogens (tertiary/aromatic N) is 1. The van der Waals surface area contributed by atoms with E-state index in [2.05, 4.69) is 0 Å². The van der Waals surface area contributed by atoms with Crippen LogP contribution in [0.4, 0.5) is 0 Å². The summed E-state index contributed by atoms with van der Waals surface area (Å²) in [5, 5.41) is 3.78. The van der Waals surface area contributed by atoms with Crippen molar-refractivity contribution in [1.82, 2.24) is 4.90 Å². The molecule has 3 nitrogen and oxygen atoms in total. The van der Waals surface area contributed by atoms with Crippen molar-refractivity contribution in [2.75, 3.05) is 13.1 Å². The number of amides is 1. The van der Waals surface area contributed by atoms with Crippen LogP contribution in [-0.2, 0) is 6.54 Å². The summed E-state index contributed by atoms with van der Waals surface area (Å²) in [6.45, 7) is 1.65. The van der Waals surface area contributed by atoms with Crippen LogP contribution in [0, 0.1) is 0 Å². The highest BCUT2D eigenvalue weighted by Gasteiger charge is 2.15. The lowest BCUT2D eigenvalue weighted by Gasteiger charge is -2.21. The van der Waals surface area contributed by atoms with E-state index in [1.54, 1.807) is 4.90 Å². The molecular weight excluding hydrogens is 244 g/mol. The molecule has 1 aromatic carbocycles. The van der Waals surface area contributed by atoms with Gasteiger partial charge in [0.1, 0.15) is 0 Å². The fraction of sp³-hybridized carbons (Fsp3) is 0.214. The van der Waals surface area contributed by atoms with Crippen molar-refractivity contribution in [2.45, 2.75) is 6.54 Å². The highest BCUT2D eigenvalue weighted by Crippen LogP contribution is 2.12. The van der Waals surface area contributed by atoms with Gasteiger partial charge in [-0.2, -0.15) is 11.3 Å². The monoisotopic (exact) mass is 260 g/mol. The van der Waals surface area contributed by atoms with Gasteiger partial charge in [0.15, 0.2) is 0 Å². The molecule has 2 aromatic rings. The SMILES string of the molecule is NCCN(Cc1ccccc1)C(=O)c1ccsc1. The van der Waals surface area contributed by atoms with Crippen LogP contribution in [0.1, 0.15) is 15.9 Å². The lowest BCUT2D eigenvalue weighted by molar-refractivity contribution is 0.0749. The summed E-state index contributed by atoms with van der Waals surface area (Å²) in [5.74, 6) is 0.0468. The summed E-state index contributed by atoms with van der Waals surface area (Å²) in [7, 11) is 0. The smallest absolute Gasteiger partial charge is 0.255 e. The van der Waals surface area contributed by atoms with E-state index in [9.17, 15) is 4.79 Å². The molecule has 1 amide bonds. The Hall–Kier alpha value is -1.65. The lowest BCUT2D eigenvalue weighted by Crippen LogP contribution is -2.34. The van der Waals surface area contributed by atoms with E-state index in [1.165, 1.54) is 11.3 Å². The maximum absolute atomic E-state index is 12.3. The van der Waals surface area contributed by atoms with Crippen LogP contribution < -0.4 is 5.73 Å². The zero-order valence-corrected chi connectivity index (χ0v) is 10.9. The summed E-state index contributed by atoms with van der Waals surface area (Å²) >= 11 is 1.53. The maximum atomic E-state index is 12.3. The third-order valence-corrected chi connectivity index (χ3v) is 3.35. The quantitative estimate of drug-likeness (QED) is 0.897. The minimum atomic E-state index is 0.0468. The van der Waals surface area contributed by atoms with Gasteiger partial charge in [0.25, 0.3) is 5.91 Å². The Bertz CT molecular complexity index is 482. The number of thiophene rings is 1. The summed E-state index contributed by atoms with van der Waals surface area (Å²) in [6, 6.07) is 11.8. The lowest BCUT2D eigenvalue weighted by atomic mass is 10.2. The molecule has 0 fully saturated rings. The summed E-state index contributed by atoms with van der Waals surface area (Å²) < 4.78 is 0. The molecular formula is C14H16N2OS. The van der Waals surface area contributed by atoms with E-state index in [4.69, 9.17) is 5.73 Å². The third kappa shape index (κ3) is 3.18. The first-order valence-electron chi connectivity index (χ1n) is 5.86. The highest BCUT2D eigenvalue weighted by atomic mass is 32.1. The van der Waals surface area contributed by atoms with Gasteiger partial charge in [0.2, 0.25) is 0 Å². The van der Waals surface area contributed by atoms with E-state index in [0.29, 0.717) is 19.6 Å². The van der Waals surface area contributed by atoms with Crippen molar-refractivity contribution in [3.8, 4) is 0 Å². The number of hydrogen-bond acceptors (Lipinski definition) is 3. The van der Waals surface area contributed by atoms with Gasteiger partial charge in [0.05, 0.1) is 5.56 Å². The number of rotatable bonds is 5. The van der Waals surface area contributed by atoms with E-state index in [0.717, 1.165) is 11.1 Å². The third-order valence-electron chi connectivity index (χ3n) is 2.67. The number of carbonyl (C=O) groups excluding carboxylic acids is 1. The Morgan fingerprint density at radius 3 is 2.61 bits per heavy atom. The average molecular weight is 260 g/mol. The average Bonchev–Trinajstić information content (AvgIpc) is 2.92. The van der Waals surface area contributed by atoms with E-state index >= 15 is 0 Å². The molecule has 0 aliphatic rings. The second-order valence-corrected chi connectivity index (χ2v) is 4.79. The largest absolute Gasteiger partial charge is 0.333 e. The van der Waals surface area contributed by atoms with Crippen LogP contribution in [0.5, 0.6) is 0 Å². The van der Waals surface area contributed by atoms with Gasteiger partial charge < -0.3 is 10.6 Å². The Kier molecular flexibility index (Phi) is 4.50. The van der Waals surface area contributed by atoms with Crippen LogP contribution in [0.2, 0.25) is 0 Å². The molecule has 18 heavy (non-hydrogen) atoms. The molecule has 0 unspecified atom stereocenters. The van der Waals surface area contributed by atoms with Crippen molar-refractivity contribution in [3.05, 3.63) is 58.3 Å². The second-order valence-electron chi connectivity index (χ2n) is 4.01. The molecule has 2 rings (SSSR count). The van der Waals surface area contributed by atoms with Gasteiger partial charge in [-0.1, -0.05) is 30.3 Å². The minimum absolute atomic E-state index is 0.0468. The predicted octanol–water partition coefficient (Wildman–Crippen LogP) is 2.35. The van der Waals surface area contributed by atoms with Crippen molar-refractivity contribution >= 4 is 17.2 Å².